The van der Waals surface area contributed by atoms with Gasteiger partial charge < -0.3 is 10.2 Å². The Morgan fingerprint density at radius 1 is 1.28 bits per heavy atom. The number of thioether (sulfide) groups is 1. The average Bonchev–Trinajstić information content (AvgIpc) is 2.85. The highest BCUT2D eigenvalue weighted by molar-refractivity contribution is 8.02. The van der Waals surface area contributed by atoms with Gasteiger partial charge in [0.2, 0.25) is 11.0 Å². The van der Waals surface area contributed by atoms with E-state index in [0.717, 1.165) is 30.3 Å². The number of halogens is 1. The molecule has 3 rings (SSSR count). The molecule has 1 saturated heterocycles. The SMILES string of the molecule is C[C@H](Sc1nnc(Nc2cccc(F)c2)s1)C(=O)N1CCCCCC1. The summed E-state index contributed by atoms with van der Waals surface area (Å²) in [7, 11) is 0. The highest BCUT2D eigenvalue weighted by atomic mass is 32.2. The Bertz CT molecular complexity index is 716. The van der Waals surface area contributed by atoms with E-state index >= 15 is 0 Å². The lowest BCUT2D eigenvalue weighted by Gasteiger charge is -2.23. The molecule has 134 valence electrons. The van der Waals surface area contributed by atoms with Crippen molar-refractivity contribution >= 4 is 39.8 Å². The first-order chi connectivity index (χ1) is 12.1. The van der Waals surface area contributed by atoms with Crippen molar-refractivity contribution in [2.75, 3.05) is 18.4 Å². The first-order valence-corrected chi connectivity index (χ1v) is 10.1. The Morgan fingerprint density at radius 2 is 2.04 bits per heavy atom. The van der Waals surface area contributed by atoms with Gasteiger partial charge in [-0.2, -0.15) is 0 Å². The van der Waals surface area contributed by atoms with Crippen LogP contribution in [0.25, 0.3) is 0 Å². The van der Waals surface area contributed by atoms with Crippen LogP contribution in [0.15, 0.2) is 28.6 Å². The lowest BCUT2D eigenvalue weighted by molar-refractivity contribution is -0.130. The zero-order valence-corrected chi connectivity index (χ0v) is 15.7. The summed E-state index contributed by atoms with van der Waals surface area (Å²) in [5.74, 6) is -0.137. The van der Waals surface area contributed by atoms with Gasteiger partial charge in [0.1, 0.15) is 5.82 Å². The van der Waals surface area contributed by atoms with Crippen molar-refractivity contribution in [3.05, 3.63) is 30.1 Å². The van der Waals surface area contributed by atoms with Crippen molar-refractivity contribution in [1.29, 1.82) is 0 Å². The van der Waals surface area contributed by atoms with Crippen LogP contribution in [0.4, 0.5) is 15.2 Å². The second kappa shape index (κ2) is 8.62. The molecule has 1 aromatic heterocycles. The third-order valence-corrected chi connectivity index (χ3v) is 6.04. The molecule has 1 aliphatic heterocycles. The molecule has 0 bridgehead atoms. The maximum atomic E-state index is 13.2. The molecule has 1 fully saturated rings. The summed E-state index contributed by atoms with van der Waals surface area (Å²) in [6.07, 6.45) is 4.58. The minimum atomic E-state index is -0.305. The van der Waals surface area contributed by atoms with Gasteiger partial charge in [0.05, 0.1) is 5.25 Å². The van der Waals surface area contributed by atoms with Crippen molar-refractivity contribution in [1.82, 2.24) is 15.1 Å². The fraction of sp³-hybridized carbons (Fsp3) is 0.471. The lowest BCUT2D eigenvalue weighted by Crippen LogP contribution is -2.37. The molecular formula is C17H21FN4OS2. The first kappa shape index (κ1) is 18.1. The number of anilines is 2. The number of amides is 1. The second-order valence-corrected chi connectivity index (χ2v) is 8.57. The summed E-state index contributed by atoms with van der Waals surface area (Å²) in [4.78, 5) is 14.6. The van der Waals surface area contributed by atoms with Crippen molar-refractivity contribution in [3.63, 3.8) is 0 Å². The number of nitrogens with zero attached hydrogens (tertiary/aromatic N) is 3. The lowest BCUT2D eigenvalue weighted by atomic mass is 10.2. The van der Waals surface area contributed by atoms with Crippen LogP contribution < -0.4 is 5.32 Å². The molecule has 1 amide bonds. The molecule has 25 heavy (non-hydrogen) atoms. The van der Waals surface area contributed by atoms with Crippen molar-refractivity contribution < 1.29 is 9.18 Å². The maximum Gasteiger partial charge on any atom is 0.235 e. The van der Waals surface area contributed by atoms with Gasteiger partial charge >= 0.3 is 0 Å². The van der Waals surface area contributed by atoms with E-state index in [1.807, 2.05) is 11.8 Å². The Labute approximate surface area is 155 Å². The highest BCUT2D eigenvalue weighted by Gasteiger charge is 2.23. The molecule has 2 heterocycles. The standard InChI is InChI=1S/C17H21FN4OS2/c1-12(15(23)22-9-4-2-3-5-10-22)24-17-21-20-16(25-17)19-14-8-6-7-13(18)11-14/h6-8,11-12H,2-5,9-10H2,1H3,(H,19,20)/t12-/m0/s1. The molecule has 0 spiro atoms. The van der Waals surface area contributed by atoms with Crippen molar-refractivity contribution in [3.8, 4) is 0 Å². The number of carbonyl (C=O) groups excluding carboxylic acids is 1. The zero-order chi connectivity index (χ0) is 17.6. The summed E-state index contributed by atoms with van der Waals surface area (Å²) < 4.78 is 14.0. The summed E-state index contributed by atoms with van der Waals surface area (Å²) >= 11 is 2.79. The normalized spacial score (nSPS) is 16.3. The predicted octanol–water partition coefficient (Wildman–Crippen LogP) is 4.30. The van der Waals surface area contributed by atoms with E-state index in [-0.39, 0.29) is 17.0 Å². The number of rotatable bonds is 5. The molecule has 1 aliphatic rings. The summed E-state index contributed by atoms with van der Waals surface area (Å²) in [5.41, 5.74) is 0.626. The molecular weight excluding hydrogens is 359 g/mol. The van der Waals surface area contributed by atoms with E-state index in [4.69, 9.17) is 0 Å². The molecule has 0 aliphatic carbocycles. The van der Waals surface area contributed by atoms with Gasteiger partial charge in [0.25, 0.3) is 0 Å². The number of aromatic nitrogens is 2. The molecule has 0 radical (unpaired) electrons. The Hall–Kier alpha value is -1.67. The van der Waals surface area contributed by atoms with Gasteiger partial charge in [-0.3, -0.25) is 4.79 Å². The smallest absolute Gasteiger partial charge is 0.235 e. The molecule has 8 heteroatoms. The number of nitrogens with one attached hydrogen (secondary N) is 1. The fourth-order valence-corrected chi connectivity index (χ4v) is 4.75. The monoisotopic (exact) mass is 380 g/mol. The topological polar surface area (TPSA) is 58.1 Å². The van der Waals surface area contributed by atoms with Gasteiger partial charge in [0, 0.05) is 18.8 Å². The highest BCUT2D eigenvalue weighted by Crippen LogP contribution is 2.31. The van der Waals surface area contributed by atoms with Crippen LogP contribution in [0.2, 0.25) is 0 Å². The summed E-state index contributed by atoms with van der Waals surface area (Å²) in [6.45, 7) is 3.62. The summed E-state index contributed by atoms with van der Waals surface area (Å²) in [6, 6.07) is 6.20. The molecule has 2 aromatic rings. The van der Waals surface area contributed by atoms with E-state index in [1.165, 1.54) is 48.1 Å². The van der Waals surface area contributed by atoms with Crippen LogP contribution in [-0.4, -0.2) is 39.3 Å². The van der Waals surface area contributed by atoms with Gasteiger partial charge in [-0.15, -0.1) is 10.2 Å². The zero-order valence-electron chi connectivity index (χ0n) is 14.1. The van der Waals surface area contributed by atoms with E-state index in [9.17, 15) is 9.18 Å². The van der Waals surface area contributed by atoms with E-state index in [0.29, 0.717) is 10.8 Å². The van der Waals surface area contributed by atoms with Gasteiger partial charge in [-0.1, -0.05) is 42.0 Å². The third kappa shape index (κ3) is 5.15. The van der Waals surface area contributed by atoms with Crippen LogP contribution in [0, 0.1) is 5.82 Å². The third-order valence-electron chi connectivity index (χ3n) is 4.03. The summed E-state index contributed by atoms with van der Waals surface area (Å²) in [5, 5.41) is 11.6. The van der Waals surface area contributed by atoms with E-state index in [2.05, 4.69) is 15.5 Å². The van der Waals surface area contributed by atoms with Crippen molar-refractivity contribution in [2.24, 2.45) is 0 Å². The first-order valence-electron chi connectivity index (χ1n) is 8.43. The second-order valence-electron chi connectivity index (χ2n) is 6.01. The predicted molar refractivity (Wildman–Crippen MR) is 100.0 cm³/mol. The molecule has 0 saturated carbocycles. The number of benzene rings is 1. The fourth-order valence-electron chi connectivity index (χ4n) is 2.75. The number of hydrogen-bond donors (Lipinski definition) is 1. The largest absolute Gasteiger partial charge is 0.342 e. The molecule has 5 nitrogen and oxygen atoms in total. The number of hydrogen-bond acceptors (Lipinski definition) is 6. The Morgan fingerprint density at radius 3 is 2.76 bits per heavy atom. The van der Waals surface area contributed by atoms with Crippen LogP contribution in [0.5, 0.6) is 0 Å². The average molecular weight is 381 g/mol. The molecule has 1 atom stereocenters. The van der Waals surface area contributed by atoms with Crippen LogP contribution in [0.1, 0.15) is 32.6 Å². The molecule has 0 unspecified atom stereocenters. The van der Waals surface area contributed by atoms with Gasteiger partial charge in [0.15, 0.2) is 4.34 Å². The van der Waals surface area contributed by atoms with E-state index < -0.39 is 0 Å². The minimum Gasteiger partial charge on any atom is -0.342 e. The molecule has 1 N–H and O–H groups in total. The minimum absolute atomic E-state index is 0.168. The van der Waals surface area contributed by atoms with Crippen LogP contribution >= 0.6 is 23.1 Å². The van der Waals surface area contributed by atoms with E-state index in [1.54, 1.807) is 12.1 Å². The van der Waals surface area contributed by atoms with Gasteiger partial charge in [-0.05, 0) is 38.0 Å². The van der Waals surface area contributed by atoms with Crippen LogP contribution in [-0.2, 0) is 4.79 Å². The van der Waals surface area contributed by atoms with Gasteiger partial charge in [-0.25, -0.2) is 4.39 Å². The van der Waals surface area contributed by atoms with Crippen molar-refractivity contribution in [2.45, 2.75) is 42.2 Å². The Balaban J connectivity index is 1.57. The quantitative estimate of drug-likeness (QED) is 0.784. The molecule has 1 aromatic carbocycles. The number of carbonyl (C=O) groups is 1. The Kier molecular flexibility index (Phi) is 6.25. The van der Waals surface area contributed by atoms with Crippen LogP contribution in [0.3, 0.4) is 0 Å². The maximum absolute atomic E-state index is 13.2. The number of likely N-dealkylation sites (tertiary alicyclic amines) is 1.